The Bertz CT molecular complexity index is 392. The number of aliphatic carboxylic acids is 1. The minimum absolute atomic E-state index is 0.247. The van der Waals surface area contributed by atoms with Crippen LogP contribution in [0.25, 0.3) is 6.08 Å². The summed E-state index contributed by atoms with van der Waals surface area (Å²) in [6, 6.07) is 6.32. The first-order chi connectivity index (χ1) is 7.59. The number of benzene rings is 1. The van der Waals surface area contributed by atoms with Crippen LogP contribution in [-0.4, -0.2) is 11.1 Å². The third-order valence-electron chi connectivity index (χ3n) is 2.60. The van der Waals surface area contributed by atoms with Crippen LogP contribution in [0.15, 0.2) is 24.3 Å². The number of hydrogen-bond acceptors (Lipinski definition) is 1. The zero-order valence-electron chi connectivity index (χ0n) is 9.86. The number of carbonyl (C=O) groups is 1. The van der Waals surface area contributed by atoms with E-state index >= 15 is 0 Å². The van der Waals surface area contributed by atoms with E-state index in [1.165, 1.54) is 16.7 Å². The third kappa shape index (κ3) is 4.30. The second kappa shape index (κ2) is 6.11. The summed E-state index contributed by atoms with van der Waals surface area (Å²) in [4.78, 5) is 10.3. The Morgan fingerprint density at radius 3 is 2.69 bits per heavy atom. The van der Waals surface area contributed by atoms with Gasteiger partial charge in [0.1, 0.15) is 0 Å². The predicted octanol–water partition coefficient (Wildman–Crippen LogP) is 3.57. The Morgan fingerprint density at radius 2 is 2.06 bits per heavy atom. The molecule has 0 heterocycles. The molecule has 2 nitrogen and oxygen atoms in total. The van der Waals surface area contributed by atoms with Gasteiger partial charge in [-0.15, -0.1) is 0 Å². The van der Waals surface area contributed by atoms with Crippen molar-refractivity contribution in [3.8, 4) is 0 Å². The molecule has 0 aliphatic carbocycles. The Balaban J connectivity index is 2.44. The van der Waals surface area contributed by atoms with Crippen molar-refractivity contribution >= 4 is 12.0 Å². The number of aryl methyl sites for hydroxylation is 2. The molecule has 0 bridgehead atoms. The van der Waals surface area contributed by atoms with E-state index in [2.05, 4.69) is 32.0 Å². The zero-order chi connectivity index (χ0) is 12.0. The number of hydrogen-bond donors (Lipinski definition) is 1. The molecule has 0 saturated carbocycles. The van der Waals surface area contributed by atoms with Crippen LogP contribution in [-0.2, 0) is 4.79 Å². The molecule has 0 unspecified atom stereocenters. The van der Waals surface area contributed by atoms with Gasteiger partial charge in [0, 0.05) is 6.42 Å². The molecule has 0 atom stereocenters. The SMILES string of the molecule is Cc1ccc(/C=C/CCCC(=O)O)cc1C. The molecule has 0 radical (unpaired) electrons. The maximum atomic E-state index is 10.3. The van der Waals surface area contributed by atoms with E-state index in [4.69, 9.17) is 5.11 Å². The molecule has 0 aromatic heterocycles. The van der Waals surface area contributed by atoms with Crippen molar-refractivity contribution in [3.05, 3.63) is 41.0 Å². The summed E-state index contributed by atoms with van der Waals surface area (Å²) >= 11 is 0. The summed E-state index contributed by atoms with van der Waals surface area (Å²) in [6.45, 7) is 4.19. The first kappa shape index (κ1) is 12.5. The van der Waals surface area contributed by atoms with Crippen LogP contribution in [0.1, 0.15) is 36.0 Å². The number of carboxylic acids is 1. The van der Waals surface area contributed by atoms with E-state index in [0.717, 1.165) is 6.42 Å². The molecule has 86 valence electrons. The lowest BCUT2D eigenvalue weighted by Crippen LogP contribution is -1.92. The normalized spacial score (nSPS) is 10.9. The van der Waals surface area contributed by atoms with Crippen molar-refractivity contribution in [2.45, 2.75) is 33.1 Å². The van der Waals surface area contributed by atoms with Crippen LogP contribution < -0.4 is 0 Å². The van der Waals surface area contributed by atoms with E-state index < -0.39 is 5.97 Å². The Kier molecular flexibility index (Phi) is 4.77. The molecule has 1 N–H and O–H groups in total. The van der Waals surface area contributed by atoms with Crippen molar-refractivity contribution in [1.29, 1.82) is 0 Å². The van der Waals surface area contributed by atoms with Crippen molar-refractivity contribution < 1.29 is 9.90 Å². The van der Waals surface area contributed by atoms with Gasteiger partial charge in [-0.3, -0.25) is 4.79 Å². The second-order valence-electron chi connectivity index (χ2n) is 4.03. The molecule has 1 rings (SSSR count). The maximum Gasteiger partial charge on any atom is 0.303 e. The van der Waals surface area contributed by atoms with Gasteiger partial charge in [0.25, 0.3) is 0 Å². The molecule has 0 fully saturated rings. The monoisotopic (exact) mass is 218 g/mol. The van der Waals surface area contributed by atoms with Crippen LogP contribution in [0.5, 0.6) is 0 Å². The van der Waals surface area contributed by atoms with Crippen molar-refractivity contribution in [3.63, 3.8) is 0 Å². The van der Waals surface area contributed by atoms with E-state index in [0.29, 0.717) is 6.42 Å². The fourth-order valence-corrected chi connectivity index (χ4v) is 1.46. The first-order valence-corrected chi connectivity index (χ1v) is 5.55. The van der Waals surface area contributed by atoms with Crippen LogP contribution in [0.2, 0.25) is 0 Å². The summed E-state index contributed by atoms with van der Waals surface area (Å²) in [7, 11) is 0. The molecule has 1 aromatic carbocycles. The Hall–Kier alpha value is -1.57. The minimum Gasteiger partial charge on any atom is -0.481 e. The first-order valence-electron chi connectivity index (χ1n) is 5.55. The van der Waals surface area contributed by atoms with Crippen molar-refractivity contribution in [1.82, 2.24) is 0 Å². The van der Waals surface area contributed by atoms with E-state index in [-0.39, 0.29) is 6.42 Å². The standard InChI is InChI=1S/C14H18O2/c1-11-8-9-13(10-12(11)2)6-4-3-5-7-14(15)16/h4,6,8-10H,3,5,7H2,1-2H3,(H,15,16)/b6-4+. The smallest absolute Gasteiger partial charge is 0.303 e. The molecule has 0 aliphatic rings. The Morgan fingerprint density at radius 1 is 1.31 bits per heavy atom. The van der Waals surface area contributed by atoms with Gasteiger partial charge < -0.3 is 5.11 Å². The summed E-state index contributed by atoms with van der Waals surface area (Å²) < 4.78 is 0. The van der Waals surface area contributed by atoms with Gasteiger partial charge >= 0.3 is 5.97 Å². The predicted molar refractivity (Wildman–Crippen MR) is 66.4 cm³/mol. The molecule has 0 aliphatic heterocycles. The highest BCUT2D eigenvalue weighted by Crippen LogP contribution is 2.11. The van der Waals surface area contributed by atoms with Crippen LogP contribution in [0, 0.1) is 13.8 Å². The van der Waals surface area contributed by atoms with Gasteiger partial charge in [-0.25, -0.2) is 0 Å². The highest BCUT2D eigenvalue weighted by molar-refractivity contribution is 5.66. The molecule has 2 heteroatoms. The average molecular weight is 218 g/mol. The highest BCUT2D eigenvalue weighted by atomic mass is 16.4. The highest BCUT2D eigenvalue weighted by Gasteiger charge is 1.94. The van der Waals surface area contributed by atoms with Gasteiger partial charge in [-0.2, -0.15) is 0 Å². The third-order valence-corrected chi connectivity index (χ3v) is 2.60. The average Bonchev–Trinajstić information content (AvgIpc) is 2.22. The largest absolute Gasteiger partial charge is 0.481 e. The second-order valence-corrected chi connectivity index (χ2v) is 4.03. The van der Waals surface area contributed by atoms with Gasteiger partial charge in [-0.1, -0.05) is 30.4 Å². The van der Waals surface area contributed by atoms with Gasteiger partial charge in [0.15, 0.2) is 0 Å². The molecule has 0 spiro atoms. The quantitative estimate of drug-likeness (QED) is 0.767. The summed E-state index contributed by atoms with van der Waals surface area (Å²) in [5.41, 5.74) is 3.76. The lowest BCUT2D eigenvalue weighted by molar-refractivity contribution is -0.137. The van der Waals surface area contributed by atoms with Crippen molar-refractivity contribution in [2.75, 3.05) is 0 Å². The number of rotatable bonds is 5. The van der Waals surface area contributed by atoms with Crippen LogP contribution in [0.3, 0.4) is 0 Å². The van der Waals surface area contributed by atoms with Gasteiger partial charge in [0.05, 0.1) is 0 Å². The topological polar surface area (TPSA) is 37.3 Å². The minimum atomic E-state index is -0.723. The summed E-state index contributed by atoms with van der Waals surface area (Å²) in [5, 5.41) is 8.47. The zero-order valence-corrected chi connectivity index (χ0v) is 9.86. The molecule has 16 heavy (non-hydrogen) atoms. The number of unbranched alkanes of at least 4 members (excludes halogenated alkanes) is 1. The maximum absolute atomic E-state index is 10.3. The summed E-state index contributed by atoms with van der Waals surface area (Å²) in [5.74, 6) is -0.723. The van der Waals surface area contributed by atoms with Crippen LogP contribution in [0.4, 0.5) is 0 Å². The number of allylic oxidation sites excluding steroid dienone is 1. The fourth-order valence-electron chi connectivity index (χ4n) is 1.46. The fraction of sp³-hybridized carbons (Fsp3) is 0.357. The molecule has 0 saturated heterocycles. The summed E-state index contributed by atoms with van der Waals surface area (Å²) in [6.07, 6.45) is 5.86. The number of carboxylic acid groups (broad SMARTS) is 1. The van der Waals surface area contributed by atoms with Gasteiger partial charge in [-0.05, 0) is 43.4 Å². The van der Waals surface area contributed by atoms with Crippen LogP contribution >= 0.6 is 0 Å². The Labute approximate surface area is 96.6 Å². The lowest BCUT2D eigenvalue weighted by Gasteiger charge is -2.00. The van der Waals surface area contributed by atoms with E-state index in [9.17, 15) is 4.79 Å². The molecular weight excluding hydrogens is 200 g/mol. The van der Waals surface area contributed by atoms with Crippen molar-refractivity contribution in [2.24, 2.45) is 0 Å². The molecule has 1 aromatic rings. The van der Waals surface area contributed by atoms with E-state index in [1.807, 2.05) is 12.2 Å². The molecule has 0 amide bonds. The molecular formula is C14H18O2. The lowest BCUT2D eigenvalue weighted by atomic mass is 10.1. The van der Waals surface area contributed by atoms with E-state index in [1.54, 1.807) is 0 Å². The van der Waals surface area contributed by atoms with Gasteiger partial charge in [0.2, 0.25) is 0 Å².